The summed E-state index contributed by atoms with van der Waals surface area (Å²) in [6, 6.07) is 9.68. The van der Waals surface area contributed by atoms with Gasteiger partial charge in [-0.05, 0) is 18.4 Å². The lowest BCUT2D eigenvalue weighted by molar-refractivity contribution is -0.120. The standard InChI is InChI=1S/C21H34N2O3/c1-22-20(24)16-12-7-5-3-2-4-6-8-13-17-23-21(25)26-18-19-14-10-9-11-15-19/h9-11,14-15H,2-8,12-13,16-18H2,1H3,(H,22,24)(H,23,25). The van der Waals surface area contributed by atoms with Gasteiger partial charge < -0.3 is 15.4 Å². The Hall–Kier alpha value is -2.04. The molecule has 26 heavy (non-hydrogen) atoms. The number of hydrogen-bond acceptors (Lipinski definition) is 3. The summed E-state index contributed by atoms with van der Waals surface area (Å²) in [5.74, 6) is 0.141. The Labute approximate surface area is 157 Å². The minimum Gasteiger partial charge on any atom is -0.445 e. The maximum Gasteiger partial charge on any atom is 0.407 e. The second kappa shape index (κ2) is 15.2. The normalized spacial score (nSPS) is 10.3. The van der Waals surface area contributed by atoms with Gasteiger partial charge in [-0.1, -0.05) is 75.3 Å². The minimum absolute atomic E-state index is 0.141. The third-order valence-corrected chi connectivity index (χ3v) is 4.34. The van der Waals surface area contributed by atoms with Gasteiger partial charge in [0.25, 0.3) is 0 Å². The number of unbranched alkanes of at least 4 members (excludes halogenated alkanes) is 8. The molecule has 1 aromatic carbocycles. The molecule has 1 rings (SSSR count). The molecule has 0 atom stereocenters. The molecule has 0 saturated heterocycles. The van der Waals surface area contributed by atoms with E-state index < -0.39 is 0 Å². The number of ether oxygens (including phenoxy) is 1. The first-order valence-electron chi connectivity index (χ1n) is 9.87. The van der Waals surface area contributed by atoms with E-state index in [0.29, 0.717) is 19.6 Å². The predicted molar refractivity (Wildman–Crippen MR) is 105 cm³/mol. The average molecular weight is 363 g/mol. The molecule has 2 amide bonds. The van der Waals surface area contributed by atoms with Crippen molar-refractivity contribution in [1.82, 2.24) is 10.6 Å². The SMILES string of the molecule is CNC(=O)CCCCCCCCCCCNC(=O)OCc1ccccc1. The van der Waals surface area contributed by atoms with Crippen LogP contribution in [-0.2, 0) is 16.1 Å². The maximum absolute atomic E-state index is 11.6. The molecule has 0 aromatic heterocycles. The highest BCUT2D eigenvalue weighted by atomic mass is 16.5. The first-order valence-corrected chi connectivity index (χ1v) is 9.87. The van der Waals surface area contributed by atoms with Gasteiger partial charge in [-0.25, -0.2) is 4.79 Å². The Bertz CT molecular complexity index is 491. The van der Waals surface area contributed by atoms with Crippen molar-refractivity contribution in [1.29, 1.82) is 0 Å². The summed E-state index contributed by atoms with van der Waals surface area (Å²) in [6.07, 6.45) is 10.7. The van der Waals surface area contributed by atoms with E-state index in [0.717, 1.165) is 31.2 Å². The molecule has 146 valence electrons. The second-order valence-electron chi connectivity index (χ2n) is 6.59. The highest BCUT2D eigenvalue weighted by Gasteiger charge is 2.01. The van der Waals surface area contributed by atoms with Crippen LogP contribution in [0.15, 0.2) is 30.3 Å². The molecule has 0 radical (unpaired) electrons. The van der Waals surface area contributed by atoms with E-state index >= 15 is 0 Å². The minimum atomic E-state index is -0.342. The van der Waals surface area contributed by atoms with Crippen molar-refractivity contribution in [3.63, 3.8) is 0 Å². The molecule has 0 aliphatic heterocycles. The van der Waals surface area contributed by atoms with Crippen LogP contribution in [0.25, 0.3) is 0 Å². The van der Waals surface area contributed by atoms with Crippen molar-refractivity contribution in [3.8, 4) is 0 Å². The van der Waals surface area contributed by atoms with Crippen LogP contribution in [0, 0.1) is 0 Å². The first kappa shape index (κ1) is 22.0. The van der Waals surface area contributed by atoms with Crippen LogP contribution in [0.1, 0.15) is 69.8 Å². The van der Waals surface area contributed by atoms with Crippen molar-refractivity contribution in [2.24, 2.45) is 0 Å². The molecule has 0 heterocycles. The highest BCUT2D eigenvalue weighted by Crippen LogP contribution is 2.10. The lowest BCUT2D eigenvalue weighted by atomic mass is 10.1. The number of amides is 2. The fourth-order valence-corrected chi connectivity index (χ4v) is 2.74. The molecular formula is C21H34N2O3. The van der Waals surface area contributed by atoms with E-state index in [1.54, 1.807) is 7.05 Å². The van der Waals surface area contributed by atoms with E-state index in [1.165, 1.54) is 32.1 Å². The quantitative estimate of drug-likeness (QED) is 0.477. The van der Waals surface area contributed by atoms with Crippen LogP contribution in [0.4, 0.5) is 4.79 Å². The molecule has 0 spiro atoms. The van der Waals surface area contributed by atoms with Crippen molar-refractivity contribution < 1.29 is 14.3 Å². The van der Waals surface area contributed by atoms with E-state index in [4.69, 9.17) is 4.74 Å². The van der Waals surface area contributed by atoms with Gasteiger partial charge >= 0.3 is 6.09 Å². The molecule has 0 bridgehead atoms. The number of rotatable bonds is 14. The van der Waals surface area contributed by atoms with Crippen LogP contribution in [0.2, 0.25) is 0 Å². The number of carbonyl (C=O) groups is 2. The van der Waals surface area contributed by atoms with Gasteiger partial charge in [0.15, 0.2) is 0 Å². The van der Waals surface area contributed by atoms with Crippen LogP contribution < -0.4 is 10.6 Å². The Balaban J connectivity index is 1.81. The Kier molecular flexibility index (Phi) is 12.9. The first-order chi connectivity index (χ1) is 12.7. The molecule has 0 aliphatic carbocycles. The van der Waals surface area contributed by atoms with Crippen molar-refractivity contribution in [3.05, 3.63) is 35.9 Å². The largest absolute Gasteiger partial charge is 0.445 e. The maximum atomic E-state index is 11.6. The summed E-state index contributed by atoms with van der Waals surface area (Å²) in [5, 5.41) is 5.45. The van der Waals surface area contributed by atoms with Gasteiger partial charge in [0.05, 0.1) is 0 Å². The van der Waals surface area contributed by atoms with Crippen molar-refractivity contribution in [2.45, 2.75) is 70.8 Å². The molecule has 0 saturated carbocycles. The third-order valence-electron chi connectivity index (χ3n) is 4.34. The van der Waals surface area contributed by atoms with E-state index in [-0.39, 0.29) is 12.0 Å². The smallest absolute Gasteiger partial charge is 0.407 e. The van der Waals surface area contributed by atoms with Gasteiger partial charge in [0.1, 0.15) is 6.61 Å². The van der Waals surface area contributed by atoms with Gasteiger partial charge in [-0.15, -0.1) is 0 Å². The number of carbonyl (C=O) groups excluding carboxylic acids is 2. The molecule has 1 aromatic rings. The number of benzene rings is 1. The molecule has 5 nitrogen and oxygen atoms in total. The molecule has 2 N–H and O–H groups in total. The molecule has 0 unspecified atom stereocenters. The van der Waals surface area contributed by atoms with Gasteiger partial charge in [0, 0.05) is 20.0 Å². The monoisotopic (exact) mass is 362 g/mol. The van der Waals surface area contributed by atoms with Crippen molar-refractivity contribution in [2.75, 3.05) is 13.6 Å². The summed E-state index contributed by atoms with van der Waals surface area (Å²) in [7, 11) is 1.69. The molecular weight excluding hydrogens is 328 g/mol. The fourth-order valence-electron chi connectivity index (χ4n) is 2.74. The van der Waals surface area contributed by atoms with Gasteiger partial charge in [-0.2, -0.15) is 0 Å². The summed E-state index contributed by atoms with van der Waals surface area (Å²) in [4.78, 5) is 22.7. The average Bonchev–Trinajstić information content (AvgIpc) is 2.67. The van der Waals surface area contributed by atoms with Gasteiger partial charge in [0.2, 0.25) is 5.91 Å². The van der Waals surface area contributed by atoms with E-state index in [2.05, 4.69) is 10.6 Å². The Morgan fingerprint density at radius 2 is 1.42 bits per heavy atom. The Morgan fingerprint density at radius 3 is 2.04 bits per heavy atom. The highest BCUT2D eigenvalue weighted by molar-refractivity contribution is 5.75. The van der Waals surface area contributed by atoms with Crippen molar-refractivity contribution >= 4 is 12.0 Å². The third kappa shape index (κ3) is 12.3. The number of hydrogen-bond donors (Lipinski definition) is 2. The Morgan fingerprint density at radius 1 is 0.846 bits per heavy atom. The predicted octanol–water partition coefficient (Wildman–Crippen LogP) is 4.56. The summed E-state index contributed by atoms with van der Waals surface area (Å²) in [6.45, 7) is 0.989. The zero-order chi connectivity index (χ0) is 18.9. The van der Waals surface area contributed by atoms with Crippen LogP contribution >= 0.6 is 0 Å². The topological polar surface area (TPSA) is 67.4 Å². The lowest BCUT2D eigenvalue weighted by Crippen LogP contribution is -2.25. The second-order valence-corrected chi connectivity index (χ2v) is 6.59. The number of alkyl carbamates (subject to hydrolysis) is 1. The summed E-state index contributed by atoms with van der Waals surface area (Å²) in [5.41, 5.74) is 0.997. The molecule has 0 fully saturated rings. The van der Waals surface area contributed by atoms with Gasteiger partial charge in [-0.3, -0.25) is 4.79 Å². The van der Waals surface area contributed by atoms with E-state index in [9.17, 15) is 9.59 Å². The zero-order valence-electron chi connectivity index (χ0n) is 16.1. The summed E-state index contributed by atoms with van der Waals surface area (Å²) >= 11 is 0. The van der Waals surface area contributed by atoms with E-state index in [1.807, 2.05) is 30.3 Å². The fraction of sp³-hybridized carbons (Fsp3) is 0.619. The number of nitrogens with one attached hydrogen (secondary N) is 2. The molecule has 5 heteroatoms. The van der Waals surface area contributed by atoms with Crippen LogP contribution in [0.3, 0.4) is 0 Å². The van der Waals surface area contributed by atoms with Crippen LogP contribution in [-0.4, -0.2) is 25.6 Å². The summed E-state index contributed by atoms with van der Waals surface area (Å²) < 4.78 is 5.17. The lowest BCUT2D eigenvalue weighted by Gasteiger charge is -2.07. The van der Waals surface area contributed by atoms with Crippen LogP contribution in [0.5, 0.6) is 0 Å². The zero-order valence-corrected chi connectivity index (χ0v) is 16.1. The molecule has 0 aliphatic rings.